The summed E-state index contributed by atoms with van der Waals surface area (Å²) < 4.78 is 41.2. The topological polar surface area (TPSA) is 33.1 Å². The van der Waals surface area contributed by atoms with Crippen molar-refractivity contribution in [3.63, 3.8) is 0 Å². The van der Waals surface area contributed by atoms with Crippen LogP contribution in [0.25, 0.3) is 4.91 Å². The van der Waals surface area contributed by atoms with E-state index in [-0.39, 0.29) is 17.3 Å². The minimum atomic E-state index is -1.02. The molecule has 2 heterocycles. The average molecular weight is 399 g/mol. The molecule has 1 N–H and O–H groups in total. The van der Waals surface area contributed by atoms with Crippen LogP contribution in [-0.4, -0.2) is 15.8 Å². The standard InChI is InChI=1S/C22H16F3NOS/c23-15-5-3-13(4-6-15)18-12-28-22(17-8-7-16(24)10-19(17)25)20(18)21(27)14-2-1-9-26-11-14/h1-11,18,21,27H,12H2. The van der Waals surface area contributed by atoms with Gasteiger partial charge in [-0.1, -0.05) is 18.2 Å². The Hall–Kier alpha value is -2.57. The molecular formula is C22H16F3NOS. The van der Waals surface area contributed by atoms with Gasteiger partial charge in [0.25, 0.3) is 0 Å². The van der Waals surface area contributed by atoms with Crippen LogP contribution in [0.2, 0.25) is 0 Å². The van der Waals surface area contributed by atoms with Crippen LogP contribution in [0.5, 0.6) is 0 Å². The third kappa shape index (κ3) is 3.57. The monoisotopic (exact) mass is 399 g/mol. The molecule has 2 atom stereocenters. The second kappa shape index (κ2) is 7.81. The molecule has 2 aromatic carbocycles. The van der Waals surface area contributed by atoms with Crippen molar-refractivity contribution in [1.82, 2.24) is 4.98 Å². The van der Waals surface area contributed by atoms with Crippen LogP contribution in [0.4, 0.5) is 13.2 Å². The molecule has 0 bridgehead atoms. The smallest absolute Gasteiger partial charge is 0.134 e. The fourth-order valence-corrected chi connectivity index (χ4v) is 4.85. The first-order chi connectivity index (χ1) is 13.5. The maximum Gasteiger partial charge on any atom is 0.134 e. The van der Waals surface area contributed by atoms with Crippen LogP contribution in [-0.2, 0) is 0 Å². The minimum absolute atomic E-state index is 0.236. The molecule has 6 heteroatoms. The molecule has 1 aliphatic heterocycles. The van der Waals surface area contributed by atoms with E-state index >= 15 is 0 Å². The number of halogens is 3. The summed E-state index contributed by atoms with van der Waals surface area (Å²) in [4.78, 5) is 4.62. The fraction of sp³-hybridized carbons (Fsp3) is 0.136. The molecule has 0 saturated carbocycles. The molecule has 0 spiro atoms. The number of pyridine rings is 1. The van der Waals surface area contributed by atoms with Crippen molar-refractivity contribution in [1.29, 1.82) is 0 Å². The maximum atomic E-state index is 14.5. The highest BCUT2D eigenvalue weighted by atomic mass is 32.2. The SMILES string of the molecule is OC(C1=C(c2ccc(F)cc2F)SCC1c1ccc(F)cc1)c1cccnc1. The Bertz CT molecular complexity index is 1020. The van der Waals surface area contributed by atoms with Gasteiger partial charge in [0.05, 0.1) is 0 Å². The lowest BCUT2D eigenvalue weighted by Crippen LogP contribution is -2.11. The van der Waals surface area contributed by atoms with E-state index in [1.165, 1.54) is 36.0 Å². The van der Waals surface area contributed by atoms with E-state index in [0.29, 0.717) is 21.8 Å². The summed E-state index contributed by atoms with van der Waals surface area (Å²) in [6.45, 7) is 0. The molecular weight excluding hydrogens is 383 g/mol. The summed E-state index contributed by atoms with van der Waals surface area (Å²) in [5.74, 6) is -1.37. The summed E-state index contributed by atoms with van der Waals surface area (Å²) >= 11 is 1.40. The number of aromatic nitrogens is 1. The molecule has 0 saturated heterocycles. The van der Waals surface area contributed by atoms with Gasteiger partial charge in [0.1, 0.15) is 23.6 Å². The number of aliphatic hydroxyl groups excluding tert-OH is 1. The highest BCUT2D eigenvalue weighted by Crippen LogP contribution is 2.51. The van der Waals surface area contributed by atoms with Crippen LogP contribution >= 0.6 is 11.8 Å². The number of hydrogen-bond acceptors (Lipinski definition) is 3. The normalized spacial score (nSPS) is 17.8. The van der Waals surface area contributed by atoms with E-state index in [0.717, 1.165) is 11.6 Å². The zero-order chi connectivity index (χ0) is 19.7. The van der Waals surface area contributed by atoms with Gasteiger partial charge in [-0.2, -0.15) is 0 Å². The van der Waals surface area contributed by atoms with E-state index in [4.69, 9.17) is 0 Å². The molecule has 1 aliphatic rings. The van der Waals surface area contributed by atoms with Crippen molar-refractivity contribution in [3.8, 4) is 0 Å². The lowest BCUT2D eigenvalue weighted by molar-refractivity contribution is 0.210. The first-order valence-corrected chi connectivity index (χ1v) is 9.69. The molecule has 1 aromatic heterocycles. The van der Waals surface area contributed by atoms with Crippen LogP contribution < -0.4 is 0 Å². The molecule has 0 aliphatic carbocycles. The summed E-state index contributed by atoms with van der Waals surface area (Å²) in [6, 6.07) is 12.9. The van der Waals surface area contributed by atoms with Crippen LogP contribution in [0.1, 0.15) is 28.7 Å². The molecule has 0 radical (unpaired) electrons. The summed E-state index contributed by atoms with van der Waals surface area (Å²) in [6.07, 6.45) is 2.14. The maximum absolute atomic E-state index is 14.5. The summed E-state index contributed by atoms with van der Waals surface area (Å²) in [5, 5.41) is 11.1. The third-order valence-electron chi connectivity index (χ3n) is 4.77. The predicted octanol–water partition coefficient (Wildman–Crippen LogP) is 5.47. The first kappa shape index (κ1) is 18.8. The van der Waals surface area contributed by atoms with Crippen LogP contribution in [0.15, 0.2) is 72.6 Å². The second-order valence-corrected chi connectivity index (χ2v) is 7.54. The van der Waals surface area contributed by atoms with Gasteiger partial charge in [-0.15, -0.1) is 11.8 Å². The van der Waals surface area contributed by atoms with Crippen molar-refractivity contribution in [2.75, 3.05) is 5.75 Å². The largest absolute Gasteiger partial charge is 0.384 e. The Morgan fingerprint density at radius 3 is 2.43 bits per heavy atom. The zero-order valence-electron chi connectivity index (χ0n) is 14.6. The molecule has 0 amide bonds. The van der Waals surface area contributed by atoms with Gasteiger partial charge in [-0.3, -0.25) is 4.98 Å². The number of aliphatic hydroxyl groups is 1. The number of rotatable bonds is 4. The number of hydrogen-bond donors (Lipinski definition) is 1. The number of thioether (sulfide) groups is 1. The Morgan fingerprint density at radius 1 is 1.00 bits per heavy atom. The first-order valence-electron chi connectivity index (χ1n) is 8.70. The van der Waals surface area contributed by atoms with Crippen molar-refractivity contribution in [3.05, 3.63) is 107 Å². The van der Waals surface area contributed by atoms with E-state index in [9.17, 15) is 18.3 Å². The fourth-order valence-electron chi connectivity index (χ4n) is 3.41. The van der Waals surface area contributed by atoms with Gasteiger partial charge in [0.2, 0.25) is 0 Å². The molecule has 142 valence electrons. The molecule has 28 heavy (non-hydrogen) atoms. The van der Waals surface area contributed by atoms with Crippen LogP contribution in [0, 0.1) is 17.5 Å². The van der Waals surface area contributed by atoms with Crippen molar-refractivity contribution in [2.24, 2.45) is 0 Å². The van der Waals surface area contributed by atoms with Crippen molar-refractivity contribution >= 4 is 16.7 Å². The van der Waals surface area contributed by atoms with Gasteiger partial charge >= 0.3 is 0 Å². The predicted molar refractivity (Wildman–Crippen MR) is 104 cm³/mol. The molecule has 0 fully saturated rings. The van der Waals surface area contributed by atoms with E-state index in [1.807, 2.05) is 0 Å². The minimum Gasteiger partial charge on any atom is -0.384 e. The quantitative estimate of drug-likeness (QED) is 0.631. The Kier molecular flexibility index (Phi) is 5.24. The van der Waals surface area contributed by atoms with Gasteiger partial charge in [0.15, 0.2) is 0 Å². The lowest BCUT2D eigenvalue weighted by Gasteiger charge is -2.21. The average Bonchev–Trinajstić information content (AvgIpc) is 3.13. The molecule has 3 aromatic rings. The highest BCUT2D eigenvalue weighted by Gasteiger charge is 2.34. The van der Waals surface area contributed by atoms with Gasteiger partial charge in [0, 0.05) is 46.2 Å². The number of benzene rings is 2. The second-order valence-electron chi connectivity index (χ2n) is 6.51. The van der Waals surface area contributed by atoms with Gasteiger partial charge in [-0.25, -0.2) is 13.2 Å². The highest BCUT2D eigenvalue weighted by molar-refractivity contribution is 8.08. The zero-order valence-corrected chi connectivity index (χ0v) is 15.5. The number of nitrogens with zero attached hydrogens (tertiary/aromatic N) is 1. The Balaban J connectivity index is 1.86. The van der Waals surface area contributed by atoms with E-state index in [2.05, 4.69) is 4.98 Å². The molecule has 2 unspecified atom stereocenters. The molecule has 2 nitrogen and oxygen atoms in total. The molecule has 4 rings (SSSR count). The lowest BCUT2D eigenvalue weighted by atomic mass is 9.86. The van der Waals surface area contributed by atoms with Gasteiger partial charge in [-0.05, 0) is 41.5 Å². The van der Waals surface area contributed by atoms with Crippen molar-refractivity contribution < 1.29 is 18.3 Å². The van der Waals surface area contributed by atoms with E-state index < -0.39 is 17.7 Å². The third-order valence-corrected chi connectivity index (χ3v) is 6.02. The van der Waals surface area contributed by atoms with Crippen LogP contribution in [0.3, 0.4) is 0 Å². The van der Waals surface area contributed by atoms with Gasteiger partial charge < -0.3 is 5.11 Å². The summed E-state index contributed by atoms with van der Waals surface area (Å²) in [7, 11) is 0. The summed E-state index contributed by atoms with van der Waals surface area (Å²) in [5.41, 5.74) is 2.25. The Morgan fingerprint density at radius 2 is 1.75 bits per heavy atom. The van der Waals surface area contributed by atoms with Crippen molar-refractivity contribution in [2.45, 2.75) is 12.0 Å². The van der Waals surface area contributed by atoms with E-state index in [1.54, 1.807) is 36.7 Å². The Labute approximate surface area is 164 Å².